The van der Waals surface area contributed by atoms with Crippen molar-refractivity contribution in [2.45, 2.75) is 37.3 Å². The number of sulfonamides is 1. The van der Waals surface area contributed by atoms with Crippen LogP contribution in [0.2, 0.25) is 0 Å². The minimum atomic E-state index is -3.80. The van der Waals surface area contributed by atoms with Crippen molar-refractivity contribution < 1.29 is 27.5 Å². The van der Waals surface area contributed by atoms with Gasteiger partial charge in [0.25, 0.3) is 0 Å². The number of hydrogen-bond acceptors (Lipinski definition) is 5. The maximum Gasteiger partial charge on any atom is 0.371 e. The fraction of sp³-hybridized carbons (Fsp3) is 0.583. The van der Waals surface area contributed by atoms with Crippen LogP contribution in [0.25, 0.3) is 0 Å². The van der Waals surface area contributed by atoms with E-state index in [-0.39, 0.29) is 28.6 Å². The molecule has 20 heavy (non-hydrogen) atoms. The highest BCUT2D eigenvalue weighted by atomic mass is 32.2. The third-order valence-corrected chi connectivity index (χ3v) is 5.53. The van der Waals surface area contributed by atoms with Crippen LogP contribution in [-0.4, -0.2) is 49.6 Å². The summed E-state index contributed by atoms with van der Waals surface area (Å²) in [5, 5.41) is 8.86. The molecule has 1 saturated heterocycles. The highest BCUT2D eigenvalue weighted by Crippen LogP contribution is 2.28. The first kappa shape index (κ1) is 15.0. The lowest BCUT2D eigenvalue weighted by Gasteiger charge is -2.25. The topological polar surface area (TPSA) is 97.0 Å². The summed E-state index contributed by atoms with van der Waals surface area (Å²) in [6.45, 7) is 3.76. The van der Waals surface area contributed by atoms with Crippen LogP contribution in [0.3, 0.4) is 0 Å². The lowest BCUT2D eigenvalue weighted by atomic mass is 10.2. The van der Waals surface area contributed by atoms with Gasteiger partial charge >= 0.3 is 5.97 Å². The molecule has 2 heterocycles. The molecule has 2 atom stereocenters. The smallest absolute Gasteiger partial charge is 0.371 e. The number of aromatic carboxylic acids is 1. The summed E-state index contributed by atoms with van der Waals surface area (Å²) in [5.41, 5.74) is 0. The Morgan fingerprint density at radius 2 is 2.15 bits per heavy atom. The molecule has 0 bridgehead atoms. The maximum absolute atomic E-state index is 12.5. The number of carbonyl (C=O) groups is 1. The van der Waals surface area contributed by atoms with Crippen LogP contribution in [0.15, 0.2) is 15.4 Å². The van der Waals surface area contributed by atoms with E-state index in [0.29, 0.717) is 13.0 Å². The second-order valence-electron chi connectivity index (χ2n) is 4.79. The first-order valence-electron chi connectivity index (χ1n) is 6.18. The highest BCUT2D eigenvalue weighted by Gasteiger charge is 2.37. The van der Waals surface area contributed by atoms with Crippen molar-refractivity contribution in [3.8, 4) is 0 Å². The van der Waals surface area contributed by atoms with Crippen molar-refractivity contribution in [1.82, 2.24) is 4.31 Å². The zero-order valence-electron chi connectivity index (χ0n) is 11.5. The molecule has 0 amide bonds. The molecule has 1 aromatic rings. The molecule has 0 aromatic carbocycles. The number of nitrogens with zero attached hydrogens (tertiary/aromatic N) is 1. The summed E-state index contributed by atoms with van der Waals surface area (Å²) in [5.74, 6) is -1.61. The molecule has 1 aliphatic rings. The van der Waals surface area contributed by atoms with Gasteiger partial charge in [0.1, 0.15) is 10.7 Å². The van der Waals surface area contributed by atoms with Crippen molar-refractivity contribution >= 4 is 16.0 Å². The number of likely N-dealkylation sites (N-methyl/N-ethyl adjacent to an activating group) is 1. The lowest BCUT2D eigenvalue weighted by Crippen LogP contribution is -2.41. The Bertz CT molecular complexity index is 620. The van der Waals surface area contributed by atoms with Crippen LogP contribution in [0.4, 0.5) is 0 Å². The van der Waals surface area contributed by atoms with Gasteiger partial charge in [-0.2, -0.15) is 4.31 Å². The zero-order valence-corrected chi connectivity index (χ0v) is 12.3. The lowest BCUT2D eigenvalue weighted by molar-refractivity contribution is 0.0661. The Labute approximate surface area is 117 Å². The van der Waals surface area contributed by atoms with E-state index in [4.69, 9.17) is 14.3 Å². The Morgan fingerprint density at radius 3 is 2.60 bits per heavy atom. The molecule has 112 valence electrons. The summed E-state index contributed by atoms with van der Waals surface area (Å²) in [4.78, 5) is 10.7. The third-order valence-electron chi connectivity index (χ3n) is 3.54. The molecule has 0 radical (unpaired) electrons. The van der Waals surface area contributed by atoms with Crippen LogP contribution >= 0.6 is 0 Å². The number of ether oxygens (including phenoxy) is 1. The molecule has 8 heteroatoms. The molecular weight excluding hydrogens is 286 g/mol. The molecule has 0 aliphatic carbocycles. The van der Waals surface area contributed by atoms with Gasteiger partial charge in [-0.05, 0) is 20.3 Å². The third kappa shape index (κ3) is 2.46. The van der Waals surface area contributed by atoms with E-state index >= 15 is 0 Å². The van der Waals surface area contributed by atoms with Crippen LogP contribution < -0.4 is 0 Å². The van der Waals surface area contributed by atoms with Gasteiger partial charge in [0.2, 0.25) is 15.8 Å². The predicted molar refractivity (Wildman–Crippen MR) is 69.2 cm³/mol. The van der Waals surface area contributed by atoms with Gasteiger partial charge in [-0.15, -0.1) is 0 Å². The second-order valence-corrected chi connectivity index (χ2v) is 6.76. The molecular formula is C12H17NO6S. The normalized spacial score (nSPS) is 23.4. The average Bonchev–Trinajstić information content (AvgIpc) is 2.94. The standard InChI is InChI=1S/C12H17NO6S/c1-7-9(4-5-18-7)13(3)20(16,17)11-6-10(12(14)15)19-8(11)2/h6-7,9H,4-5H2,1-3H3,(H,14,15). The van der Waals surface area contributed by atoms with E-state index in [2.05, 4.69) is 0 Å². The van der Waals surface area contributed by atoms with Gasteiger partial charge in [0.15, 0.2) is 0 Å². The number of carboxylic acids is 1. The monoisotopic (exact) mass is 303 g/mol. The van der Waals surface area contributed by atoms with E-state index in [9.17, 15) is 13.2 Å². The quantitative estimate of drug-likeness (QED) is 0.894. The van der Waals surface area contributed by atoms with Gasteiger partial charge in [-0.1, -0.05) is 0 Å². The van der Waals surface area contributed by atoms with Crippen molar-refractivity contribution in [3.05, 3.63) is 17.6 Å². The van der Waals surface area contributed by atoms with E-state index in [0.717, 1.165) is 6.07 Å². The summed E-state index contributed by atoms with van der Waals surface area (Å²) >= 11 is 0. The van der Waals surface area contributed by atoms with E-state index < -0.39 is 16.0 Å². The minimum absolute atomic E-state index is 0.0702. The number of furan rings is 1. The van der Waals surface area contributed by atoms with Crippen molar-refractivity contribution in [2.75, 3.05) is 13.7 Å². The first-order valence-corrected chi connectivity index (χ1v) is 7.62. The predicted octanol–water partition coefficient (Wildman–Crippen LogP) is 1.08. The van der Waals surface area contributed by atoms with Crippen LogP contribution in [0, 0.1) is 6.92 Å². The van der Waals surface area contributed by atoms with Gasteiger partial charge in [0, 0.05) is 19.7 Å². The first-order chi connectivity index (χ1) is 9.25. The highest BCUT2D eigenvalue weighted by molar-refractivity contribution is 7.89. The van der Waals surface area contributed by atoms with Gasteiger partial charge in [-0.25, -0.2) is 13.2 Å². The minimum Gasteiger partial charge on any atom is -0.475 e. The summed E-state index contributed by atoms with van der Waals surface area (Å²) in [7, 11) is -2.33. The van der Waals surface area contributed by atoms with Gasteiger partial charge < -0.3 is 14.3 Å². The second kappa shape index (κ2) is 5.19. The van der Waals surface area contributed by atoms with E-state index in [1.165, 1.54) is 18.3 Å². The molecule has 2 unspecified atom stereocenters. The summed E-state index contributed by atoms with van der Waals surface area (Å²) in [6, 6.07) is 0.784. The summed E-state index contributed by atoms with van der Waals surface area (Å²) < 4.78 is 36.6. The Morgan fingerprint density at radius 1 is 1.50 bits per heavy atom. The van der Waals surface area contributed by atoms with E-state index in [1.54, 1.807) is 0 Å². The fourth-order valence-electron chi connectivity index (χ4n) is 2.36. The largest absolute Gasteiger partial charge is 0.475 e. The van der Waals surface area contributed by atoms with Crippen LogP contribution in [-0.2, 0) is 14.8 Å². The summed E-state index contributed by atoms with van der Waals surface area (Å²) in [6.07, 6.45) is 0.417. The van der Waals surface area contributed by atoms with Crippen LogP contribution in [0.5, 0.6) is 0 Å². The number of hydrogen-bond donors (Lipinski definition) is 1. The fourth-order valence-corrected chi connectivity index (χ4v) is 3.96. The van der Waals surface area contributed by atoms with E-state index in [1.807, 2.05) is 6.92 Å². The zero-order chi connectivity index (χ0) is 15.1. The molecule has 1 fully saturated rings. The van der Waals surface area contributed by atoms with Gasteiger partial charge in [0.05, 0.1) is 12.1 Å². The molecule has 1 aromatic heterocycles. The molecule has 0 saturated carbocycles. The van der Waals surface area contributed by atoms with Crippen LogP contribution in [0.1, 0.15) is 29.7 Å². The Kier molecular flexibility index (Phi) is 3.90. The number of rotatable bonds is 4. The van der Waals surface area contributed by atoms with Crippen molar-refractivity contribution in [2.24, 2.45) is 0 Å². The molecule has 7 nitrogen and oxygen atoms in total. The number of aryl methyl sites for hydroxylation is 1. The van der Waals surface area contributed by atoms with Crippen molar-refractivity contribution in [3.63, 3.8) is 0 Å². The maximum atomic E-state index is 12.5. The Hall–Kier alpha value is -1.38. The van der Waals surface area contributed by atoms with Gasteiger partial charge in [-0.3, -0.25) is 0 Å². The Balaban J connectivity index is 2.37. The molecule has 2 rings (SSSR count). The molecule has 1 N–H and O–H groups in total. The SMILES string of the molecule is Cc1oc(C(=O)O)cc1S(=O)(=O)N(C)C1CCOC1C. The molecule has 1 aliphatic heterocycles. The number of carboxylic acid groups (broad SMARTS) is 1. The molecule has 0 spiro atoms. The van der Waals surface area contributed by atoms with Crippen molar-refractivity contribution in [1.29, 1.82) is 0 Å². The average molecular weight is 303 g/mol.